The van der Waals surface area contributed by atoms with E-state index in [9.17, 15) is 0 Å². The molecule has 0 aromatic heterocycles. The number of ether oxygens (including phenoxy) is 3. The standard InChI is InChI=1S/C26H28ClNO3/c1-2-29-26-22(27)14-9-15-23(26)31-25(21-12-7-4-8-13-21)24-19-28(16-17-30-24)18-20-10-5-3-6-11-20/h3-15,24-25H,2,16-19H2,1H3/t24-,25+/m0/s1. The Balaban J connectivity index is 1.58. The van der Waals surface area contributed by atoms with Crippen LogP contribution in [0.15, 0.2) is 78.9 Å². The van der Waals surface area contributed by atoms with Gasteiger partial charge in [-0.2, -0.15) is 0 Å². The lowest BCUT2D eigenvalue weighted by atomic mass is 10.0. The summed E-state index contributed by atoms with van der Waals surface area (Å²) in [6.07, 6.45) is -0.397. The van der Waals surface area contributed by atoms with Gasteiger partial charge in [-0.05, 0) is 30.2 Å². The molecular formula is C26H28ClNO3. The Bertz CT molecular complexity index is 951. The highest BCUT2D eigenvalue weighted by molar-refractivity contribution is 6.32. The Labute approximate surface area is 189 Å². The largest absolute Gasteiger partial charge is 0.488 e. The Morgan fingerprint density at radius 2 is 1.74 bits per heavy atom. The van der Waals surface area contributed by atoms with Gasteiger partial charge in [0.25, 0.3) is 0 Å². The van der Waals surface area contributed by atoms with Crippen molar-refractivity contribution in [1.29, 1.82) is 0 Å². The van der Waals surface area contributed by atoms with Crippen LogP contribution >= 0.6 is 11.6 Å². The minimum Gasteiger partial charge on any atom is -0.488 e. The molecule has 1 aliphatic heterocycles. The summed E-state index contributed by atoms with van der Waals surface area (Å²) in [4.78, 5) is 2.42. The van der Waals surface area contributed by atoms with Crippen molar-refractivity contribution in [2.45, 2.75) is 25.7 Å². The van der Waals surface area contributed by atoms with Crippen molar-refractivity contribution in [2.24, 2.45) is 0 Å². The third-order valence-electron chi connectivity index (χ3n) is 5.37. The molecule has 0 saturated carbocycles. The van der Waals surface area contributed by atoms with Gasteiger partial charge in [0.1, 0.15) is 6.10 Å². The van der Waals surface area contributed by atoms with Gasteiger partial charge in [0.15, 0.2) is 17.6 Å². The number of benzene rings is 3. The van der Waals surface area contributed by atoms with Crippen LogP contribution in [0.1, 0.15) is 24.2 Å². The number of morpholine rings is 1. The van der Waals surface area contributed by atoms with E-state index in [0.29, 0.717) is 29.7 Å². The summed E-state index contributed by atoms with van der Waals surface area (Å²) in [5.74, 6) is 1.21. The van der Waals surface area contributed by atoms with Crippen LogP contribution in [0, 0.1) is 0 Å². The lowest BCUT2D eigenvalue weighted by Gasteiger charge is -2.37. The highest BCUT2D eigenvalue weighted by Crippen LogP contribution is 2.39. The molecule has 0 spiro atoms. The van der Waals surface area contributed by atoms with Gasteiger partial charge in [-0.25, -0.2) is 0 Å². The molecule has 1 heterocycles. The molecule has 3 aromatic rings. The average Bonchev–Trinajstić information content (AvgIpc) is 2.81. The topological polar surface area (TPSA) is 30.9 Å². The van der Waals surface area contributed by atoms with Gasteiger partial charge in [-0.1, -0.05) is 78.3 Å². The maximum Gasteiger partial charge on any atom is 0.179 e. The van der Waals surface area contributed by atoms with Crippen LogP contribution in [0.2, 0.25) is 5.02 Å². The number of hydrogen-bond donors (Lipinski definition) is 0. The normalized spacial score (nSPS) is 17.8. The summed E-state index contributed by atoms with van der Waals surface area (Å²) < 4.78 is 18.6. The van der Waals surface area contributed by atoms with Crippen molar-refractivity contribution in [2.75, 3.05) is 26.3 Å². The summed E-state index contributed by atoms with van der Waals surface area (Å²) in [6, 6.07) is 26.3. The molecular weight excluding hydrogens is 410 g/mol. The van der Waals surface area contributed by atoms with Crippen LogP contribution < -0.4 is 9.47 Å². The Kier molecular flexibility index (Phi) is 7.47. The lowest BCUT2D eigenvalue weighted by Crippen LogP contribution is -2.45. The van der Waals surface area contributed by atoms with Gasteiger partial charge >= 0.3 is 0 Å². The summed E-state index contributed by atoms with van der Waals surface area (Å²) in [5, 5.41) is 0.543. The SMILES string of the molecule is CCOc1c(Cl)cccc1O[C@H](c1ccccc1)[C@@H]1CN(Cc2ccccc2)CCO1. The van der Waals surface area contributed by atoms with Crippen molar-refractivity contribution >= 4 is 11.6 Å². The molecule has 5 heteroatoms. The molecule has 0 amide bonds. The fourth-order valence-electron chi connectivity index (χ4n) is 3.90. The fraction of sp³-hybridized carbons (Fsp3) is 0.308. The second-order valence-electron chi connectivity index (χ2n) is 7.58. The van der Waals surface area contributed by atoms with Crippen molar-refractivity contribution in [3.8, 4) is 11.5 Å². The molecule has 1 aliphatic rings. The van der Waals surface area contributed by atoms with E-state index in [0.717, 1.165) is 25.2 Å². The van der Waals surface area contributed by atoms with Gasteiger partial charge in [-0.3, -0.25) is 4.90 Å². The van der Waals surface area contributed by atoms with Crippen molar-refractivity contribution in [3.05, 3.63) is 95.0 Å². The highest BCUT2D eigenvalue weighted by Gasteiger charge is 2.32. The summed E-state index contributed by atoms with van der Waals surface area (Å²) >= 11 is 6.39. The maximum absolute atomic E-state index is 6.54. The molecule has 0 aliphatic carbocycles. The molecule has 0 N–H and O–H groups in total. The molecule has 0 bridgehead atoms. The minimum atomic E-state index is -0.280. The first-order valence-corrected chi connectivity index (χ1v) is 11.1. The van der Waals surface area contributed by atoms with Crippen LogP contribution in [-0.4, -0.2) is 37.3 Å². The van der Waals surface area contributed by atoms with Gasteiger partial charge in [0, 0.05) is 19.6 Å². The fourth-order valence-corrected chi connectivity index (χ4v) is 4.12. The van der Waals surface area contributed by atoms with E-state index in [-0.39, 0.29) is 12.2 Å². The number of nitrogens with zero attached hydrogens (tertiary/aromatic N) is 1. The molecule has 4 rings (SSSR count). The van der Waals surface area contributed by atoms with E-state index in [1.54, 1.807) is 0 Å². The zero-order valence-electron chi connectivity index (χ0n) is 17.7. The van der Waals surface area contributed by atoms with E-state index < -0.39 is 0 Å². The second kappa shape index (κ2) is 10.7. The first kappa shape index (κ1) is 21.7. The molecule has 1 saturated heterocycles. The third-order valence-corrected chi connectivity index (χ3v) is 5.66. The minimum absolute atomic E-state index is 0.117. The van der Waals surface area contributed by atoms with E-state index in [2.05, 4.69) is 41.3 Å². The number of hydrogen-bond acceptors (Lipinski definition) is 4. The van der Waals surface area contributed by atoms with E-state index in [4.69, 9.17) is 25.8 Å². The Morgan fingerprint density at radius 1 is 1.00 bits per heavy atom. The van der Waals surface area contributed by atoms with Gasteiger partial charge in [0.2, 0.25) is 0 Å². The molecule has 1 fully saturated rings. The molecule has 0 radical (unpaired) electrons. The van der Waals surface area contributed by atoms with Crippen LogP contribution in [0.5, 0.6) is 11.5 Å². The van der Waals surface area contributed by atoms with Crippen molar-refractivity contribution < 1.29 is 14.2 Å². The summed E-state index contributed by atoms with van der Waals surface area (Å²) in [7, 11) is 0. The number of para-hydroxylation sites is 1. The van der Waals surface area contributed by atoms with Gasteiger partial charge in [-0.15, -0.1) is 0 Å². The first-order chi connectivity index (χ1) is 15.2. The lowest BCUT2D eigenvalue weighted by molar-refractivity contribution is -0.0843. The monoisotopic (exact) mass is 437 g/mol. The van der Waals surface area contributed by atoms with Gasteiger partial charge < -0.3 is 14.2 Å². The third kappa shape index (κ3) is 5.59. The second-order valence-corrected chi connectivity index (χ2v) is 7.99. The van der Waals surface area contributed by atoms with E-state index in [1.165, 1.54) is 5.56 Å². The Hall–Kier alpha value is -2.53. The zero-order valence-corrected chi connectivity index (χ0v) is 18.5. The molecule has 31 heavy (non-hydrogen) atoms. The van der Waals surface area contributed by atoms with Crippen LogP contribution in [0.25, 0.3) is 0 Å². The van der Waals surface area contributed by atoms with Crippen LogP contribution in [0.4, 0.5) is 0 Å². The molecule has 3 aromatic carbocycles. The van der Waals surface area contributed by atoms with E-state index >= 15 is 0 Å². The molecule has 4 nitrogen and oxygen atoms in total. The molecule has 2 atom stereocenters. The summed E-state index contributed by atoms with van der Waals surface area (Å²) in [5.41, 5.74) is 2.37. The van der Waals surface area contributed by atoms with Crippen LogP contribution in [0.3, 0.4) is 0 Å². The number of halogens is 1. The van der Waals surface area contributed by atoms with Crippen LogP contribution in [-0.2, 0) is 11.3 Å². The first-order valence-electron chi connectivity index (χ1n) is 10.8. The van der Waals surface area contributed by atoms with Crippen molar-refractivity contribution in [1.82, 2.24) is 4.90 Å². The number of rotatable bonds is 8. The molecule has 162 valence electrons. The van der Waals surface area contributed by atoms with Gasteiger partial charge in [0.05, 0.1) is 18.2 Å². The predicted molar refractivity (Wildman–Crippen MR) is 124 cm³/mol. The quantitative estimate of drug-likeness (QED) is 0.448. The highest BCUT2D eigenvalue weighted by atomic mass is 35.5. The van der Waals surface area contributed by atoms with E-state index in [1.807, 2.05) is 49.4 Å². The summed E-state index contributed by atoms with van der Waals surface area (Å²) in [6.45, 7) is 5.68. The van der Waals surface area contributed by atoms with Crippen molar-refractivity contribution in [3.63, 3.8) is 0 Å². The zero-order chi connectivity index (χ0) is 21.5. The smallest absolute Gasteiger partial charge is 0.179 e. The molecule has 0 unspecified atom stereocenters. The Morgan fingerprint density at radius 3 is 2.48 bits per heavy atom. The average molecular weight is 438 g/mol. The predicted octanol–water partition coefficient (Wildman–Crippen LogP) is 5.76. The maximum atomic E-state index is 6.54.